The number of aryl methyl sites for hydroxylation is 1. The van der Waals surface area contributed by atoms with Crippen molar-refractivity contribution in [2.45, 2.75) is 76.0 Å². The monoisotopic (exact) mass is 458 g/mol. The molecule has 0 saturated heterocycles. The van der Waals surface area contributed by atoms with Crippen molar-refractivity contribution in [2.75, 3.05) is 0 Å². The molecule has 0 spiro atoms. The third-order valence-corrected chi connectivity index (χ3v) is 5.83. The smallest absolute Gasteiger partial charge is 0.871 e. The van der Waals surface area contributed by atoms with Gasteiger partial charge in [-0.1, -0.05) is 94.4 Å². The maximum Gasteiger partial charge on any atom is 1.00 e. The molecule has 30 heavy (non-hydrogen) atoms. The molecule has 7 heteroatoms. The summed E-state index contributed by atoms with van der Waals surface area (Å²) in [4.78, 5) is -0.685. The van der Waals surface area contributed by atoms with Crippen molar-refractivity contribution in [3.63, 3.8) is 0 Å². The number of hydrogen-bond donors (Lipinski definition) is 1. The van der Waals surface area contributed by atoms with E-state index in [1.165, 1.54) is 44.6 Å². The van der Waals surface area contributed by atoms with Crippen LogP contribution in [0.25, 0.3) is 0 Å². The second-order valence-electron chi connectivity index (χ2n) is 7.35. The van der Waals surface area contributed by atoms with Crippen LogP contribution in [0.3, 0.4) is 0 Å². The van der Waals surface area contributed by atoms with E-state index < -0.39 is 20.8 Å². The second kappa shape index (κ2) is 14.6. The van der Waals surface area contributed by atoms with Crippen LogP contribution in [0.2, 0.25) is 0 Å². The SMILES string of the molecule is CCCCCCCCCCCc1ccc([O-])c(S(=O)(=O)O)c1Oc1ccccc1.[K+]. The number of para-hydroxylation sites is 1. The fourth-order valence-electron chi connectivity index (χ4n) is 3.37. The minimum Gasteiger partial charge on any atom is -0.871 e. The molecular formula is C23H31KO5S. The molecule has 2 rings (SSSR count). The van der Waals surface area contributed by atoms with E-state index in [-0.39, 0.29) is 57.1 Å². The third-order valence-electron chi connectivity index (χ3n) is 4.93. The first-order valence-electron chi connectivity index (χ1n) is 10.5. The molecule has 0 amide bonds. The Kier molecular flexibility index (Phi) is 13.5. The van der Waals surface area contributed by atoms with Crippen molar-refractivity contribution < 1.29 is 74.2 Å². The molecule has 0 radical (unpaired) electrons. The fourth-order valence-corrected chi connectivity index (χ4v) is 4.10. The van der Waals surface area contributed by atoms with Gasteiger partial charge >= 0.3 is 51.4 Å². The zero-order valence-electron chi connectivity index (χ0n) is 18.1. The summed E-state index contributed by atoms with van der Waals surface area (Å²) < 4.78 is 38.9. The summed E-state index contributed by atoms with van der Waals surface area (Å²) in [6.07, 6.45) is 11.2. The van der Waals surface area contributed by atoms with Gasteiger partial charge in [0.25, 0.3) is 10.1 Å². The quantitative estimate of drug-likeness (QED) is 0.283. The van der Waals surface area contributed by atoms with Crippen LogP contribution in [-0.2, 0) is 16.5 Å². The van der Waals surface area contributed by atoms with E-state index in [0.29, 0.717) is 17.7 Å². The normalized spacial score (nSPS) is 11.1. The zero-order chi connectivity index (χ0) is 21.1. The number of ether oxygens (including phenoxy) is 1. The Morgan fingerprint density at radius 1 is 0.867 bits per heavy atom. The third kappa shape index (κ3) is 9.38. The molecule has 0 aliphatic heterocycles. The maximum absolute atomic E-state index is 12.1. The molecule has 0 aliphatic carbocycles. The van der Waals surface area contributed by atoms with Gasteiger partial charge in [-0.15, -0.1) is 0 Å². The number of rotatable bonds is 13. The molecule has 160 valence electrons. The molecule has 0 bridgehead atoms. The zero-order valence-corrected chi connectivity index (χ0v) is 22.0. The van der Waals surface area contributed by atoms with Crippen molar-refractivity contribution in [3.05, 3.63) is 48.0 Å². The van der Waals surface area contributed by atoms with Crippen molar-refractivity contribution in [1.82, 2.24) is 0 Å². The van der Waals surface area contributed by atoms with Crippen LogP contribution in [0.5, 0.6) is 17.2 Å². The van der Waals surface area contributed by atoms with E-state index in [0.717, 1.165) is 19.3 Å². The van der Waals surface area contributed by atoms with Gasteiger partial charge < -0.3 is 9.84 Å². The average Bonchev–Trinajstić information content (AvgIpc) is 2.68. The van der Waals surface area contributed by atoms with Crippen LogP contribution in [0, 0.1) is 0 Å². The first-order chi connectivity index (χ1) is 13.9. The van der Waals surface area contributed by atoms with Crippen molar-refractivity contribution in [2.24, 2.45) is 0 Å². The minimum atomic E-state index is -4.69. The Hall–Kier alpha value is -0.414. The van der Waals surface area contributed by atoms with Gasteiger partial charge in [-0.3, -0.25) is 4.55 Å². The van der Waals surface area contributed by atoms with Crippen LogP contribution < -0.4 is 61.2 Å². The van der Waals surface area contributed by atoms with Gasteiger partial charge in [-0.05, 0) is 30.5 Å². The topological polar surface area (TPSA) is 86.7 Å². The summed E-state index contributed by atoms with van der Waals surface area (Å²) >= 11 is 0. The summed E-state index contributed by atoms with van der Waals surface area (Å²) in [5.41, 5.74) is 0.615. The van der Waals surface area contributed by atoms with Crippen LogP contribution in [0.1, 0.15) is 70.3 Å². The van der Waals surface area contributed by atoms with E-state index in [2.05, 4.69) is 6.92 Å². The molecule has 0 atom stereocenters. The summed E-state index contributed by atoms with van der Waals surface area (Å²) in [6.45, 7) is 2.21. The van der Waals surface area contributed by atoms with Crippen LogP contribution in [-0.4, -0.2) is 13.0 Å². The van der Waals surface area contributed by atoms with Gasteiger partial charge in [0.2, 0.25) is 0 Å². The van der Waals surface area contributed by atoms with Gasteiger partial charge in [-0.25, -0.2) is 0 Å². The Bertz CT molecular complexity index is 853. The number of benzene rings is 2. The average molecular weight is 459 g/mol. The predicted octanol–water partition coefficient (Wildman–Crippen LogP) is 2.88. The Morgan fingerprint density at radius 3 is 2.00 bits per heavy atom. The van der Waals surface area contributed by atoms with Gasteiger partial charge in [0.05, 0.1) is 0 Å². The molecule has 0 heterocycles. The van der Waals surface area contributed by atoms with E-state index in [4.69, 9.17) is 4.74 Å². The van der Waals surface area contributed by atoms with Crippen LogP contribution in [0.4, 0.5) is 0 Å². The summed E-state index contributed by atoms with van der Waals surface area (Å²) in [5.74, 6) is -0.420. The van der Waals surface area contributed by atoms with E-state index in [9.17, 15) is 18.1 Å². The molecule has 2 aromatic carbocycles. The Balaban J connectivity index is 0.00000450. The first kappa shape index (κ1) is 27.6. The van der Waals surface area contributed by atoms with Crippen LogP contribution in [0.15, 0.2) is 47.4 Å². The van der Waals surface area contributed by atoms with E-state index >= 15 is 0 Å². The van der Waals surface area contributed by atoms with Gasteiger partial charge in [0, 0.05) is 0 Å². The molecule has 1 N–H and O–H groups in total. The molecule has 0 fully saturated rings. The molecule has 2 aromatic rings. The summed E-state index contributed by atoms with van der Waals surface area (Å²) in [7, 11) is -4.69. The molecule has 5 nitrogen and oxygen atoms in total. The second-order valence-corrected chi connectivity index (χ2v) is 8.71. The van der Waals surface area contributed by atoms with Gasteiger partial charge in [-0.2, -0.15) is 8.42 Å². The Morgan fingerprint density at radius 2 is 1.43 bits per heavy atom. The molecule has 0 aromatic heterocycles. The van der Waals surface area contributed by atoms with Crippen molar-refractivity contribution in [1.29, 1.82) is 0 Å². The molecule has 0 unspecified atom stereocenters. The minimum absolute atomic E-state index is 0. The number of unbranched alkanes of at least 4 members (excludes halogenated alkanes) is 8. The maximum atomic E-state index is 12.1. The van der Waals surface area contributed by atoms with Crippen LogP contribution >= 0.6 is 0 Å². The summed E-state index contributed by atoms with van der Waals surface area (Å²) in [5, 5.41) is 12.1. The first-order valence-corrected chi connectivity index (χ1v) is 11.9. The fraction of sp³-hybridized carbons (Fsp3) is 0.478. The van der Waals surface area contributed by atoms with Crippen molar-refractivity contribution >= 4 is 10.1 Å². The summed E-state index contributed by atoms with van der Waals surface area (Å²) in [6, 6.07) is 11.4. The van der Waals surface area contributed by atoms with Gasteiger partial charge in [0.1, 0.15) is 10.6 Å². The van der Waals surface area contributed by atoms with Gasteiger partial charge in [0.15, 0.2) is 5.75 Å². The van der Waals surface area contributed by atoms with E-state index in [1.807, 2.05) is 6.07 Å². The molecular weight excluding hydrogens is 427 g/mol. The molecule has 0 aliphatic rings. The largest absolute Gasteiger partial charge is 1.00 e. The molecule has 0 saturated carbocycles. The standard InChI is InChI=1S/C23H32O5S.K/c1-2-3-4-5-6-7-8-9-11-14-19-17-18-21(24)23(29(25,26)27)22(19)28-20-15-12-10-13-16-20;/h10,12-13,15-18,24H,2-9,11,14H2,1H3,(H,25,26,27);/q;+1/p-1. The number of hydrogen-bond acceptors (Lipinski definition) is 4. The van der Waals surface area contributed by atoms with Crippen molar-refractivity contribution in [3.8, 4) is 17.2 Å². The Labute approximate surface area is 223 Å². The van der Waals surface area contributed by atoms with E-state index in [1.54, 1.807) is 30.3 Å². The predicted molar refractivity (Wildman–Crippen MR) is 113 cm³/mol.